The second-order valence-electron chi connectivity index (χ2n) is 8.35. The topological polar surface area (TPSA) is 41.1 Å². The summed E-state index contributed by atoms with van der Waals surface area (Å²) in [5.74, 6) is 2.05. The Morgan fingerprint density at radius 2 is 1.25 bits per heavy atom. The summed E-state index contributed by atoms with van der Waals surface area (Å²) >= 11 is 0. The molecule has 4 fully saturated rings. The second-order valence-corrected chi connectivity index (χ2v) is 8.35. The highest BCUT2D eigenvalue weighted by molar-refractivity contribution is 5.89. The standard InChI is InChI=1S/C19H20F6N2O/c20-18(21,22)13-6-14(19(23,24)25)8-15(7-13)26-17(28)27-16-11-2-9-1-10(4-11)5-12(16)3-9/h6-12,16H,1-5H2,(H2,26,27,28). The van der Waals surface area contributed by atoms with Gasteiger partial charge in [0, 0.05) is 11.7 Å². The van der Waals surface area contributed by atoms with Crippen molar-refractivity contribution in [3.8, 4) is 0 Å². The van der Waals surface area contributed by atoms with Crippen LogP contribution in [0.2, 0.25) is 0 Å². The third-order valence-corrected chi connectivity index (χ3v) is 6.37. The average Bonchev–Trinajstić information content (AvgIpc) is 2.55. The Labute approximate surface area is 157 Å². The molecule has 0 saturated heterocycles. The average molecular weight is 406 g/mol. The first-order valence-corrected chi connectivity index (χ1v) is 9.36. The van der Waals surface area contributed by atoms with Crippen molar-refractivity contribution in [3.05, 3.63) is 29.3 Å². The van der Waals surface area contributed by atoms with Gasteiger partial charge in [-0.15, -0.1) is 0 Å². The Kier molecular flexibility index (Phi) is 4.54. The van der Waals surface area contributed by atoms with E-state index in [-0.39, 0.29) is 12.1 Å². The summed E-state index contributed by atoms with van der Waals surface area (Å²) in [6, 6.07) is 0.254. The zero-order valence-electron chi connectivity index (χ0n) is 14.8. The molecule has 0 unspecified atom stereocenters. The van der Waals surface area contributed by atoms with Gasteiger partial charge in [-0.1, -0.05) is 0 Å². The quantitative estimate of drug-likeness (QED) is 0.611. The molecule has 1 aromatic rings. The van der Waals surface area contributed by atoms with E-state index in [0.29, 0.717) is 35.8 Å². The van der Waals surface area contributed by atoms with E-state index in [4.69, 9.17) is 0 Å². The van der Waals surface area contributed by atoms with Crippen LogP contribution in [0.25, 0.3) is 0 Å². The number of rotatable bonds is 2. The summed E-state index contributed by atoms with van der Waals surface area (Å²) in [4.78, 5) is 12.3. The predicted molar refractivity (Wildman–Crippen MR) is 89.4 cm³/mol. The third-order valence-electron chi connectivity index (χ3n) is 6.37. The molecule has 0 radical (unpaired) electrons. The van der Waals surface area contributed by atoms with E-state index >= 15 is 0 Å². The first-order valence-electron chi connectivity index (χ1n) is 9.36. The molecule has 0 heterocycles. The molecule has 1 aromatic carbocycles. The lowest BCUT2D eigenvalue weighted by molar-refractivity contribution is -0.143. The van der Waals surface area contributed by atoms with Gasteiger partial charge < -0.3 is 10.6 Å². The minimum Gasteiger partial charge on any atom is -0.335 e. The molecule has 4 aliphatic carbocycles. The van der Waals surface area contributed by atoms with Crippen LogP contribution in [0.4, 0.5) is 36.8 Å². The van der Waals surface area contributed by atoms with Gasteiger partial charge in [-0.25, -0.2) is 4.79 Å². The number of carbonyl (C=O) groups is 1. The van der Waals surface area contributed by atoms with Gasteiger partial charge in [0.1, 0.15) is 0 Å². The van der Waals surface area contributed by atoms with Crippen LogP contribution < -0.4 is 10.6 Å². The summed E-state index contributed by atoms with van der Waals surface area (Å²) in [5, 5.41) is 4.99. The van der Waals surface area contributed by atoms with Crippen LogP contribution in [-0.2, 0) is 12.4 Å². The molecule has 0 aliphatic heterocycles. The van der Waals surface area contributed by atoms with E-state index in [2.05, 4.69) is 10.6 Å². The summed E-state index contributed by atoms with van der Waals surface area (Å²) < 4.78 is 77.7. The van der Waals surface area contributed by atoms with Crippen molar-refractivity contribution in [3.63, 3.8) is 0 Å². The highest BCUT2D eigenvalue weighted by Gasteiger charge is 2.48. The minimum absolute atomic E-state index is 0.0426. The smallest absolute Gasteiger partial charge is 0.335 e. The van der Waals surface area contributed by atoms with Crippen molar-refractivity contribution in [1.82, 2.24) is 5.32 Å². The van der Waals surface area contributed by atoms with E-state index in [0.717, 1.165) is 25.7 Å². The number of anilines is 1. The van der Waals surface area contributed by atoms with Crippen LogP contribution >= 0.6 is 0 Å². The van der Waals surface area contributed by atoms with Gasteiger partial charge in [0.25, 0.3) is 0 Å². The van der Waals surface area contributed by atoms with Gasteiger partial charge in [-0.2, -0.15) is 26.3 Å². The highest BCUT2D eigenvalue weighted by Crippen LogP contribution is 2.53. The van der Waals surface area contributed by atoms with Crippen LogP contribution in [0.1, 0.15) is 43.2 Å². The van der Waals surface area contributed by atoms with Crippen molar-refractivity contribution < 1.29 is 31.1 Å². The molecule has 28 heavy (non-hydrogen) atoms. The Morgan fingerprint density at radius 3 is 1.68 bits per heavy atom. The number of hydrogen-bond donors (Lipinski definition) is 2. The van der Waals surface area contributed by atoms with Crippen LogP contribution in [0.5, 0.6) is 0 Å². The maximum atomic E-state index is 12.9. The van der Waals surface area contributed by atoms with Gasteiger partial charge in [0.2, 0.25) is 0 Å². The lowest BCUT2D eigenvalue weighted by Gasteiger charge is -2.54. The normalized spacial score (nSPS) is 31.7. The molecule has 4 saturated carbocycles. The first-order chi connectivity index (χ1) is 13.0. The van der Waals surface area contributed by atoms with Gasteiger partial charge in [0.05, 0.1) is 11.1 Å². The van der Waals surface area contributed by atoms with Crippen LogP contribution in [0.3, 0.4) is 0 Å². The van der Waals surface area contributed by atoms with E-state index in [1.54, 1.807) is 0 Å². The number of benzene rings is 1. The van der Waals surface area contributed by atoms with Crippen LogP contribution in [-0.4, -0.2) is 12.1 Å². The zero-order chi connectivity index (χ0) is 20.3. The molecule has 4 aliphatic rings. The number of urea groups is 1. The molecular formula is C19H20F6N2O. The van der Waals surface area contributed by atoms with Crippen molar-refractivity contribution >= 4 is 11.7 Å². The van der Waals surface area contributed by atoms with Gasteiger partial charge in [-0.05, 0) is 74.0 Å². The number of amides is 2. The number of nitrogens with one attached hydrogen (secondary N) is 2. The maximum Gasteiger partial charge on any atom is 0.416 e. The van der Waals surface area contributed by atoms with Gasteiger partial charge >= 0.3 is 18.4 Å². The third kappa shape index (κ3) is 3.80. The molecule has 0 aromatic heterocycles. The highest BCUT2D eigenvalue weighted by atomic mass is 19.4. The maximum absolute atomic E-state index is 12.9. The van der Waals surface area contributed by atoms with Crippen molar-refractivity contribution in [2.75, 3.05) is 5.32 Å². The molecular weight excluding hydrogens is 386 g/mol. The molecule has 0 atom stereocenters. The molecule has 5 rings (SSSR count). The van der Waals surface area contributed by atoms with Crippen LogP contribution in [0.15, 0.2) is 18.2 Å². The lowest BCUT2D eigenvalue weighted by atomic mass is 9.54. The monoisotopic (exact) mass is 406 g/mol. The van der Waals surface area contributed by atoms with Crippen LogP contribution in [0, 0.1) is 23.7 Å². The summed E-state index contributed by atoms with van der Waals surface area (Å²) in [5.41, 5.74) is -3.43. The Hall–Kier alpha value is -1.93. The summed E-state index contributed by atoms with van der Waals surface area (Å²) in [7, 11) is 0. The summed E-state index contributed by atoms with van der Waals surface area (Å²) in [6.07, 6.45) is -4.56. The molecule has 154 valence electrons. The molecule has 2 amide bonds. The second kappa shape index (κ2) is 6.56. The van der Waals surface area contributed by atoms with E-state index < -0.39 is 35.2 Å². The fourth-order valence-corrected chi connectivity index (χ4v) is 5.51. The Bertz CT molecular complexity index is 712. The van der Waals surface area contributed by atoms with Crippen molar-refractivity contribution in [1.29, 1.82) is 0 Å². The van der Waals surface area contributed by atoms with E-state index in [1.807, 2.05) is 0 Å². The molecule has 3 nitrogen and oxygen atoms in total. The fourth-order valence-electron chi connectivity index (χ4n) is 5.51. The Morgan fingerprint density at radius 1 is 0.786 bits per heavy atom. The van der Waals surface area contributed by atoms with E-state index in [1.165, 1.54) is 6.42 Å². The largest absolute Gasteiger partial charge is 0.416 e. The van der Waals surface area contributed by atoms with Crippen molar-refractivity contribution in [2.45, 2.75) is 50.5 Å². The SMILES string of the molecule is O=C(Nc1cc(C(F)(F)F)cc(C(F)(F)F)c1)NC1C2CC3CC(C2)CC1C3. The van der Waals surface area contributed by atoms with Gasteiger partial charge in [0.15, 0.2) is 0 Å². The molecule has 0 spiro atoms. The molecule has 4 bridgehead atoms. The zero-order valence-corrected chi connectivity index (χ0v) is 14.8. The minimum atomic E-state index is -4.95. The van der Waals surface area contributed by atoms with Gasteiger partial charge in [-0.3, -0.25) is 0 Å². The predicted octanol–water partition coefficient (Wildman–Crippen LogP) is 5.67. The fraction of sp³-hybridized carbons (Fsp3) is 0.632. The Balaban J connectivity index is 1.50. The molecule has 2 N–H and O–H groups in total. The number of halogens is 6. The number of hydrogen-bond acceptors (Lipinski definition) is 1. The summed E-state index contributed by atoms with van der Waals surface area (Å²) in [6.45, 7) is 0. The first kappa shape index (κ1) is 19.4. The van der Waals surface area contributed by atoms with Crippen molar-refractivity contribution in [2.24, 2.45) is 23.7 Å². The number of alkyl halides is 6. The molecule has 9 heteroatoms. The van der Waals surface area contributed by atoms with E-state index in [9.17, 15) is 31.1 Å². The number of carbonyl (C=O) groups excluding carboxylic acids is 1. The lowest BCUT2D eigenvalue weighted by Crippen LogP contribution is -2.56.